The molecule has 36 heavy (non-hydrogen) atoms. The van der Waals surface area contributed by atoms with E-state index in [1.807, 2.05) is 63.2 Å². The molecule has 1 aliphatic heterocycles. The van der Waals surface area contributed by atoms with Crippen molar-refractivity contribution in [1.29, 1.82) is 0 Å². The molecule has 0 aliphatic carbocycles. The van der Waals surface area contributed by atoms with E-state index in [1.165, 1.54) is 16.2 Å². The highest BCUT2D eigenvalue weighted by Gasteiger charge is 2.48. The predicted molar refractivity (Wildman–Crippen MR) is 143 cm³/mol. The molecule has 1 aromatic heterocycles. The zero-order valence-corrected chi connectivity index (χ0v) is 21.1. The van der Waals surface area contributed by atoms with Gasteiger partial charge in [-0.1, -0.05) is 66.3 Å². The molecule has 6 nitrogen and oxygen atoms in total. The van der Waals surface area contributed by atoms with Gasteiger partial charge in [-0.15, -0.1) is 0 Å². The molecule has 0 radical (unpaired) electrons. The van der Waals surface area contributed by atoms with Gasteiger partial charge in [-0.3, -0.25) is 14.5 Å². The highest BCUT2D eigenvalue weighted by Crippen LogP contribution is 2.44. The summed E-state index contributed by atoms with van der Waals surface area (Å²) in [5.74, 6) is -1.10. The Morgan fingerprint density at radius 1 is 1.03 bits per heavy atom. The van der Waals surface area contributed by atoms with E-state index in [0.29, 0.717) is 23.1 Å². The number of nitrogens with zero attached hydrogens (tertiary/aromatic N) is 2. The average molecular weight is 499 g/mol. The number of carbonyl (C=O) groups excluding carboxylic acids is 2. The van der Waals surface area contributed by atoms with Crippen LogP contribution in [-0.2, 0) is 9.59 Å². The quantitative estimate of drug-likeness (QED) is 0.191. The Bertz CT molecular complexity index is 1500. The lowest BCUT2D eigenvalue weighted by Gasteiger charge is -2.23. The van der Waals surface area contributed by atoms with Gasteiger partial charge in [-0.2, -0.15) is 0 Å². The zero-order valence-electron chi connectivity index (χ0n) is 20.3. The molecule has 1 unspecified atom stereocenters. The summed E-state index contributed by atoms with van der Waals surface area (Å²) in [4.78, 5) is 32.9. The Kier molecular flexibility index (Phi) is 6.33. The molecule has 5 rings (SSSR count). The molecule has 1 aliphatic rings. The van der Waals surface area contributed by atoms with Gasteiger partial charge in [0.15, 0.2) is 5.13 Å². The lowest BCUT2D eigenvalue weighted by molar-refractivity contribution is -0.132. The fraction of sp³-hybridized carbons (Fsp3) is 0.207. The van der Waals surface area contributed by atoms with Crippen molar-refractivity contribution < 1.29 is 19.4 Å². The number of aryl methyl sites for hydroxylation is 2. The second kappa shape index (κ2) is 9.59. The smallest absolute Gasteiger partial charge is 0.301 e. The van der Waals surface area contributed by atoms with Gasteiger partial charge in [-0.05, 0) is 55.7 Å². The van der Waals surface area contributed by atoms with Crippen molar-refractivity contribution in [2.24, 2.45) is 0 Å². The second-order valence-corrected chi connectivity index (χ2v) is 9.93. The molecule has 1 fully saturated rings. The number of anilines is 1. The molecule has 7 heteroatoms. The van der Waals surface area contributed by atoms with Crippen LogP contribution in [0.15, 0.2) is 72.3 Å². The van der Waals surface area contributed by atoms with E-state index >= 15 is 0 Å². The van der Waals surface area contributed by atoms with Crippen molar-refractivity contribution in [1.82, 2.24) is 4.98 Å². The minimum absolute atomic E-state index is 0.0342. The average Bonchev–Trinajstić information content (AvgIpc) is 3.40. The molecule has 1 saturated heterocycles. The molecule has 1 N–H and O–H groups in total. The van der Waals surface area contributed by atoms with E-state index in [9.17, 15) is 14.7 Å². The van der Waals surface area contributed by atoms with Gasteiger partial charge >= 0.3 is 5.91 Å². The molecule has 1 atom stereocenters. The van der Waals surface area contributed by atoms with E-state index in [1.54, 1.807) is 24.3 Å². The first-order valence-corrected chi connectivity index (χ1v) is 12.7. The predicted octanol–water partition coefficient (Wildman–Crippen LogP) is 6.33. The van der Waals surface area contributed by atoms with Gasteiger partial charge in [0.25, 0.3) is 5.78 Å². The molecule has 182 valence electrons. The number of thiazole rings is 1. The van der Waals surface area contributed by atoms with Gasteiger partial charge < -0.3 is 9.84 Å². The third-order valence-corrected chi connectivity index (χ3v) is 7.17. The van der Waals surface area contributed by atoms with Gasteiger partial charge in [-0.25, -0.2) is 4.98 Å². The summed E-state index contributed by atoms with van der Waals surface area (Å²) in [5, 5.41) is 11.8. The SMILES string of the molecule is CCCOc1cccc(/C(O)=C2\C(=O)C(=O)N(c3nc4ccc(C)cc4s3)C2c2ccc(C)cc2)c1. The third-order valence-electron chi connectivity index (χ3n) is 6.16. The second-order valence-electron chi connectivity index (χ2n) is 8.92. The van der Waals surface area contributed by atoms with E-state index in [4.69, 9.17) is 4.74 Å². The summed E-state index contributed by atoms with van der Waals surface area (Å²) in [7, 11) is 0. The van der Waals surface area contributed by atoms with Crippen LogP contribution in [0.25, 0.3) is 16.0 Å². The number of aliphatic hydroxyl groups excluding tert-OH is 1. The van der Waals surface area contributed by atoms with Crippen molar-refractivity contribution in [2.45, 2.75) is 33.2 Å². The molecule has 2 heterocycles. The minimum Gasteiger partial charge on any atom is -0.507 e. The number of aliphatic hydroxyl groups is 1. The number of Topliss-reactive ketones (excluding diaryl/α,β-unsaturated/α-hetero) is 1. The van der Waals surface area contributed by atoms with E-state index in [0.717, 1.165) is 33.3 Å². The van der Waals surface area contributed by atoms with Gasteiger partial charge in [0.1, 0.15) is 11.5 Å². The van der Waals surface area contributed by atoms with Gasteiger partial charge in [0, 0.05) is 5.56 Å². The fourth-order valence-electron chi connectivity index (χ4n) is 4.33. The Morgan fingerprint density at radius 2 is 1.78 bits per heavy atom. The number of rotatable bonds is 6. The van der Waals surface area contributed by atoms with Crippen LogP contribution in [0.4, 0.5) is 5.13 Å². The van der Waals surface area contributed by atoms with Gasteiger partial charge in [0.2, 0.25) is 0 Å². The Labute approximate surface area is 213 Å². The third kappa shape index (κ3) is 4.27. The fourth-order valence-corrected chi connectivity index (χ4v) is 5.42. The molecule has 0 spiro atoms. The van der Waals surface area contributed by atoms with Crippen molar-refractivity contribution >= 4 is 44.1 Å². The largest absolute Gasteiger partial charge is 0.507 e. The number of carbonyl (C=O) groups is 2. The maximum atomic E-state index is 13.4. The normalized spacial score (nSPS) is 17.2. The van der Waals surface area contributed by atoms with Crippen LogP contribution in [0, 0.1) is 13.8 Å². The van der Waals surface area contributed by atoms with Crippen LogP contribution in [0.5, 0.6) is 5.75 Å². The van der Waals surface area contributed by atoms with Crippen LogP contribution < -0.4 is 9.64 Å². The molecule has 1 amide bonds. The van der Waals surface area contributed by atoms with Crippen molar-refractivity contribution in [3.05, 3.63) is 94.6 Å². The minimum atomic E-state index is -0.813. The Balaban J connectivity index is 1.68. The topological polar surface area (TPSA) is 79.7 Å². The zero-order chi connectivity index (χ0) is 25.4. The summed E-state index contributed by atoms with van der Waals surface area (Å²) < 4.78 is 6.64. The first-order chi connectivity index (χ1) is 17.4. The molecule has 0 saturated carbocycles. The van der Waals surface area contributed by atoms with E-state index < -0.39 is 17.7 Å². The Hall–Kier alpha value is -3.97. The van der Waals surface area contributed by atoms with Crippen LogP contribution in [0.3, 0.4) is 0 Å². The lowest BCUT2D eigenvalue weighted by Crippen LogP contribution is -2.29. The lowest BCUT2D eigenvalue weighted by atomic mass is 9.95. The van der Waals surface area contributed by atoms with Crippen LogP contribution in [0.1, 0.15) is 41.6 Å². The monoisotopic (exact) mass is 498 g/mol. The highest BCUT2D eigenvalue weighted by atomic mass is 32.1. The number of aromatic nitrogens is 1. The summed E-state index contributed by atoms with van der Waals surface area (Å²) in [6, 6.07) is 19.6. The Morgan fingerprint density at radius 3 is 2.53 bits per heavy atom. The summed E-state index contributed by atoms with van der Waals surface area (Å²) >= 11 is 1.35. The first-order valence-electron chi connectivity index (χ1n) is 11.9. The van der Waals surface area contributed by atoms with E-state index in [-0.39, 0.29) is 11.3 Å². The number of amides is 1. The molecule has 0 bridgehead atoms. The number of hydrogen-bond donors (Lipinski definition) is 1. The first kappa shape index (κ1) is 23.8. The van der Waals surface area contributed by atoms with Crippen LogP contribution in [0.2, 0.25) is 0 Å². The highest BCUT2D eigenvalue weighted by molar-refractivity contribution is 7.22. The standard InChI is InChI=1S/C29H26N2O4S/c1-4-14-35-21-7-5-6-20(16-21)26(32)24-25(19-11-8-17(2)9-12-19)31(28(34)27(24)33)29-30-22-13-10-18(3)15-23(22)36-29/h5-13,15-16,25,32H,4,14H2,1-3H3/b26-24+. The van der Waals surface area contributed by atoms with Crippen molar-refractivity contribution in [2.75, 3.05) is 11.5 Å². The van der Waals surface area contributed by atoms with Crippen LogP contribution in [-0.4, -0.2) is 28.4 Å². The maximum absolute atomic E-state index is 13.4. The molecular formula is C29H26N2O4S. The summed E-state index contributed by atoms with van der Waals surface area (Å²) in [6.07, 6.45) is 0.844. The summed E-state index contributed by atoms with van der Waals surface area (Å²) in [5.41, 5.74) is 4.05. The molecule has 3 aromatic carbocycles. The maximum Gasteiger partial charge on any atom is 0.301 e. The van der Waals surface area contributed by atoms with E-state index in [2.05, 4.69) is 4.98 Å². The summed E-state index contributed by atoms with van der Waals surface area (Å²) in [6.45, 7) is 6.51. The molecule has 4 aromatic rings. The number of benzene rings is 3. The van der Waals surface area contributed by atoms with Crippen molar-refractivity contribution in [3.8, 4) is 5.75 Å². The van der Waals surface area contributed by atoms with Crippen molar-refractivity contribution in [3.63, 3.8) is 0 Å². The van der Waals surface area contributed by atoms with Crippen LogP contribution >= 0.6 is 11.3 Å². The number of ether oxygens (including phenoxy) is 1. The number of fused-ring (bicyclic) bond motifs is 1. The van der Waals surface area contributed by atoms with Gasteiger partial charge in [0.05, 0.1) is 28.4 Å². The molecular weight excluding hydrogens is 472 g/mol. The number of hydrogen-bond acceptors (Lipinski definition) is 6. The number of ketones is 1.